The number of piperazine rings is 1. The molecule has 236 valence electrons. The molecule has 1 aliphatic heterocycles. The third-order valence-corrected chi connectivity index (χ3v) is 9.13. The number of hydrogen-bond donors (Lipinski definition) is 2. The van der Waals surface area contributed by atoms with E-state index >= 15 is 0 Å². The van der Waals surface area contributed by atoms with Gasteiger partial charge in [-0.2, -0.15) is 0 Å². The number of rotatable bonds is 9. The average Bonchev–Trinajstić information content (AvgIpc) is 3.48. The van der Waals surface area contributed by atoms with Gasteiger partial charge in [0.15, 0.2) is 0 Å². The van der Waals surface area contributed by atoms with Crippen molar-refractivity contribution in [3.8, 4) is 11.3 Å². The number of amides is 2. The van der Waals surface area contributed by atoms with Crippen molar-refractivity contribution < 1.29 is 19.2 Å². The Kier molecular flexibility index (Phi) is 9.25. The second-order valence-electron chi connectivity index (χ2n) is 12.5. The summed E-state index contributed by atoms with van der Waals surface area (Å²) in [4.78, 5) is 41.1. The van der Waals surface area contributed by atoms with Crippen molar-refractivity contribution in [2.45, 2.75) is 39.2 Å². The number of fused-ring (bicyclic) bond motifs is 1. The van der Waals surface area contributed by atoms with Crippen molar-refractivity contribution in [3.05, 3.63) is 71.7 Å². The normalized spacial score (nSPS) is 19.0. The summed E-state index contributed by atoms with van der Waals surface area (Å²) in [6, 6.07) is 15.5. The van der Waals surface area contributed by atoms with Gasteiger partial charge in [-0.15, -0.1) is 0 Å². The van der Waals surface area contributed by atoms with Crippen molar-refractivity contribution in [3.63, 3.8) is 0 Å². The highest BCUT2D eigenvalue weighted by Gasteiger charge is 2.26. The van der Waals surface area contributed by atoms with Crippen LogP contribution in [0.1, 0.15) is 47.5 Å². The second-order valence-corrected chi connectivity index (χ2v) is 12.5. The SMILES string of the molecule is Cc1cc(CN(CC2CCC(CNC(=O)c3cc(-c4ccc(N5CCN(C)CC5)nc4)nc4ccccc34)CC2)C(=O)O)no1. The van der Waals surface area contributed by atoms with Gasteiger partial charge in [0.1, 0.15) is 17.3 Å². The number of benzene rings is 1. The molecule has 2 N–H and O–H groups in total. The van der Waals surface area contributed by atoms with Crippen molar-refractivity contribution in [2.24, 2.45) is 11.8 Å². The minimum absolute atomic E-state index is 0.112. The van der Waals surface area contributed by atoms with E-state index in [0.717, 1.165) is 79.8 Å². The quantitative estimate of drug-likeness (QED) is 0.267. The minimum atomic E-state index is -0.948. The molecular formula is C34H41N7O4. The Morgan fingerprint density at radius 2 is 1.78 bits per heavy atom. The molecule has 1 aliphatic carbocycles. The molecular weight excluding hydrogens is 570 g/mol. The van der Waals surface area contributed by atoms with Crippen LogP contribution in [0.5, 0.6) is 0 Å². The lowest BCUT2D eigenvalue weighted by molar-refractivity contribution is 0.0936. The minimum Gasteiger partial charge on any atom is -0.465 e. The van der Waals surface area contributed by atoms with Gasteiger partial charge in [0, 0.05) is 62.5 Å². The number of hydrogen-bond acceptors (Lipinski definition) is 8. The van der Waals surface area contributed by atoms with Crippen LogP contribution in [0.15, 0.2) is 59.3 Å². The monoisotopic (exact) mass is 611 g/mol. The van der Waals surface area contributed by atoms with Crippen molar-refractivity contribution in [2.75, 3.05) is 51.2 Å². The molecule has 2 aliphatic rings. The smallest absolute Gasteiger partial charge is 0.407 e. The Morgan fingerprint density at radius 3 is 2.47 bits per heavy atom. The first-order chi connectivity index (χ1) is 21.8. The topological polar surface area (TPSA) is 128 Å². The van der Waals surface area contributed by atoms with Crippen LogP contribution in [0, 0.1) is 18.8 Å². The maximum absolute atomic E-state index is 13.6. The number of anilines is 1. The molecule has 0 atom stereocenters. The number of nitrogens with zero attached hydrogens (tertiary/aromatic N) is 6. The van der Waals surface area contributed by atoms with Crippen LogP contribution < -0.4 is 10.2 Å². The largest absolute Gasteiger partial charge is 0.465 e. The molecule has 0 unspecified atom stereocenters. The molecule has 11 heteroatoms. The lowest BCUT2D eigenvalue weighted by Crippen LogP contribution is -2.44. The van der Waals surface area contributed by atoms with Crippen LogP contribution in [-0.2, 0) is 6.54 Å². The summed E-state index contributed by atoms with van der Waals surface area (Å²) < 4.78 is 5.09. The van der Waals surface area contributed by atoms with Gasteiger partial charge in [-0.1, -0.05) is 23.4 Å². The van der Waals surface area contributed by atoms with Crippen LogP contribution in [0.25, 0.3) is 22.2 Å². The molecule has 2 fully saturated rings. The first-order valence-electron chi connectivity index (χ1n) is 15.8. The summed E-state index contributed by atoms with van der Waals surface area (Å²) in [6.07, 6.45) is 4.62. The van der Waals surface area contributed by atoms with Gasteiger partial charge >= 0.3 is 6.09 Å². The number of carboxylic acid groups (broad SMARTS) is 1. The fourth-order valence-corrected chi connectivity index (χ4v) is 6.43. The summed E-state index contributed by atoms with van der Waals surface area (Å²) in [5.74, 6) is 2.14. The number of likely N-dealkylation sites (N-methyl/N-ethyl adjacent to an activating group) is 1. The maximum atomic E-state index is 13.6. The number of carbonyl (C=O) groups is 2. The second kappa shape index (κ2) is 13.6. The Bertz CT molecular complexity index is 1620. The molecule has 4 aromatic rings. The van der Waals surface area contributed by atoms with E-state index in [-0.39, 0.29) is 18.4 Å². The standard InChI is InChI=1S/C34H41N7O4/c1-23-17-27(38-45-23)22-41(34(43)44)21-25-9-7-24(8-10-25)19-36-33(42)29-18-31(37-30-6-4-3-5-28(29)30)26-11-12-32(35-20-26)40-15-13-39(2)14-16-40/h3-6,11-12,17-18,20,24-25H,7-10,13-16,19,21-22H2,1-2H3,(H,36,42)(H,43,44). The molecule has 45 heavy (non-hydrogen) atoms. The van der Waals surface area contributed by atoms with E-state index in [1.165, 1.54) is 4.90 Å². The molecule has 0 spiro atoms. The zero-order valence-electron chi connectivity index (χ0n) is 26.0. The fourth-order valence-electron chi connectivity index (χ4n) is 6.43. The predicted molar refractivity (Wildman–Crippen MR) is 172 cm³/mol. The summed E-state index contributed by atoms with van der Waals surface area (Å²) in [7, 11) is 2.14. The van der Waals surface area contributed by atoms with Gasteiger partial charge in [0.2, 0.25) is 0 Å². The summed E-state index contributed by atoms with van der Waals surface area (Å²) in [5.41, 5.74) is 3.60. The third-order valence-electron chi connectivity index (χ3n) is 9.13. The lowest BCUT2D eigenvalue weighted by atomic mass is 9.81. The van der Waals surface area contributed by atoms with Gasteiger partial charge in [-0.25, -0.2) is 14.8 Å². The Balaban J connectivity index is 1.07. The molecule has 11 nitrogen and oxygen atoms in total. The molecule has 1 saturated heterocycles. The average molecular weight is 612 g/mol. The Labute approximate surface area is 263 Å². The van der Waals surface area contributed by atoms with E-state index in [1.54, 1.807) is 13.0 Å². The molecule has 2 amide bonds. The molecule has 0 bridgehead atoms. The molecule has 1 saturated carbocycles. The van der Waals surface area contributed by atoms with E-state index in [1.807, 2.05) is 48.7 Å². The van der Waals surface area contributed by atoms with Crippen molar-refractivity contribution >= 4 is 28.7 Å². The number of para-hydroxylation sites is 1. The number of carbonyl (C=O) groups excluding carboxylic acids is 1. The van der Waals surface area contributed by atoms with Gasteiger partial charge in [0.05, 0.1) is 23.3 Å². The van der Waals surface area contributed by atoms with E-state index in [4.69, 9.17) is 14.5 Å². The predicted octanol–water partition coefficient (Wildman–Crippen LogP) is 5.06. The highest BCUT2D eigenvalue weighted by atomic mass is 16.5. The van der Waals surface area contributed by atoms with Crippen LogP contribution in [0.2, 0.25) is 0 Å². The summed E-state index contributed by atoms with van der Waals surface area (Å²) in [6.45, 7) is 7.01. The van der Waals surface area contributed by atoms with Gasteiger partial charge in [-0.05, 0) is 75.8 Å². The van der Waals surface area contributed by atoms with Crippen LogP contribution in [0.4, 0.5) is 10.6 Å². The van der Waals surface area contributed by atoms with Crippen LogP contribution in [0.3, 0.4) is 0 Å². The highest BCUT2D eigenvalue weighted by molar-refractivity contribution is 6.07. The van der Waals surface area contributed by atoms with Crippen LogP contribution in [-0.4, -0.2) is 88.3 Å². The number of nitrogens with one attached hydrogen (secondary N) is 1. The zero-order valence-corrected chi connectivity index (χ0v) is 26.0. The highest BCUT2D eigenvalue weighted by Crippen LogP contribution is 2.30. The zero-order chi connectivity index (χ0) is 31.3. The molecule has 6 rings (SSSR count). The van der Waals surface area contributed by atoms with Crippen molar-refractivity contribution in [1.29, 1.82) is 0 Å². The molecule has 0 radical (unpaired) electrons. The van der Waals surface area contributed by atoms with Gasteiger partial charge in [-0.3, -0.25) is 4.79 Å². The van der Waals surface area contributed by atoms with E-state index in [2.05, 4.69) is 27.3 Å². The molecule has 1 aromatic carbocycles. The third kappa shape index (κ3) is 7.42. The first-order valence-corrected chi connectivity index (χ1v) is 15.8. The van der Waals surface area contributed by atoms with E-state index < -0.39 is 6.09 Å². The first kappa shape index (κ1) is 30.5. The lowest BCUT2D eigenvalue weighted by Gasteiger charge is -2.33. The molecule has 3 aromatic heterocycles. The Morgan fingerprint density at radius 1 is 1.02 bits per heavy atom. The number of pyridine rings is 2. The van der Waals surface area contributed by atoms with Gasteiger partial charge < -0.3 is 29.6 Å². The Hall–Kier alpha value is -4.51. The fraction of sp³-hybridized carbons (Fsp3) is 0.441. The van der Waals surface area contributed by atoms with E-state index in [0.29, 0.717) is 36.0 Å². The number of aromatic nitrogens is 3. The van der Waals surface area contributed by atoms with E-state index in [9.17, 15) is 14.7 Å². The van der Waals surface area contributed by atoms with Gasteiger partial charge in [0.25, 0.3) is 5.91 Å². The number of aryl methyl sites for hydroxylation is 1. The summed E-state index contributed by atoms with van der Waals surface area (Å²) >= 11 is 0. The van der Waals surface area contributed by atoms with Crippen molar-refractivity contribution in [1.82, 2.24) is 30.2 Å². The molecule has 4 heterocycles. The van der Waals surface area contributed by atoms with Crippen LogP contribution >= 0.6 is 0 Å². The maximum Gasteiger partial charge on any atom is 0.407 e. The summed E-state index contributed by atoms with van der Waals surface area (Å²) in [5, 5.41) is 17.7.